The highest BCUT2D eigenvalue weighted by Gasteiger charge is 2.11. The molecule has 2 aromatic carbocycles. The summed E-state index contributed by atoms with van der Waals surface area (Å²) in [4.78, 5) is 18.5. The number of hydrogen-bond acceptors (Lipinski definition) is 5. The molecule has 1 N–H and O–H groups in total. The lowest BCUT2D eigenvalue weighted by molar-refractivity contribution is 0.0792. The fourth-order valence-corrected chi connectivity index (χ4v) is 3.11. The van der Waals surface area contributed by atoms with Crippen LogP contribution in [-0.2, 0) is 0 Å². The topological polar surface area (TPSA) is 78.2 Å². The molecule has 150 valence electrons. The normalized spacial score (nSPS) is 11.2. The van der Waals surface area contributed by atoms with Crippen molar-refractivity contribution in [2.24, 2.45) is 10.2 Å². The Bertz CT molecular complexity index is 999. The van der Waals surface area contributed by atoms with Crippen molar-refractivity contribution in [3.63, 3.8) is 0 Å². The first-order valence-corrected chi connectivity index (χ1v) is 9.94. The molecule has 0 atom stereocenters. The van der Waals surface area contributed by atoms with E-state index in [0.717, 1.165) is 24.8 Å². The van der Waals surface area contributed by atoms with Gasteiger partial charge in [0.05, 0.1) is 11.4 Å². The molecule has 1 heterocycles. The second-order valence-electron chi connectivity index (χ2n) is 7.04. The number of unbranched alkanes of at least 4 members (excludes halogenated alkanes) is 3. The minimum atomic E-state index is 0.0144. The van der Waals surface area contributed by atoms with Crippen LogP contribution in [0.15, 0.2) is 65.0 Å². The third-order valence-corrected chi connectivity index (χ3v) is 4.81. The van der Waals surface area contributed by atoms with Crippen LogP contribution in [0.25, 0.3) is 10.9 Å². The van der Waals surface area contributed by atoms with E-state index < -0.39 is 0 Å². The van der Waals surface area contributed by atoms with Gasteiger partial charge in [0, 0.05) is 30.7 Å². The first-order chi connectivity index (χ1) is 14.1. The number of pyridine rings is 1. The van der Waals surface area contributed by atoms with Gasteiger partial charge in [0.1, 0.15) is 11.3 Å². The molecule has 0 saturated heterocycles. The number of amides is 1. The summed E-state index contributed by atoms with van der Waals surface area (Å²) < 4.78 is 0. The van der Waals surface area contributed by atoms with E-state index >= 15 is 0 Å². The molecule has 0 saturated carbocycles. The maximum Gasteiger partial charge on any atom is 0.253 e. The summed E-state index contributed by atoms with van der Waals surface area (Å²) in [7, 11) is 1.84. The summed E-state index contributed by atoms with van der Waals surface area (Å²) in [5, 5.41) is 19.2. The quantitative estimate of drug-likeness (QED) is 0.378. The average Bonchev–Trinajstić information content (AvgIpc) is 2.76. The van der Waals surface area contributed by atoms with Gasteiger partial charge in [-0.25, -0.2) is 0 Å². The standard InChI is InChI=1S/C23H26N4O2/c1-3-4-5-6-16-27(2)23(29)17-9-11-18(12-10-17)25-26-20-13-14-21(28)22-19(20)8-7-15-24-22/h7-15,28H,3-6,16H2,1-2H3. The van der Waals surface area contributed by atoms with E-state index in [-0.39, 0.29) is 11.7 Å². The minimum absolute atomic E-state index is 0.0144. The first-order valence-electron chi connectivity index (χ1n) is 9.94. The molecule has 0 unspecified atom stereocenters. The summed E-state index contributed by atoms with van der Waals surface area (Å²) in [6.07, 6.45) is 6.19. The van der Waals surface area contributed by atoms with Gasteiger partial charge >= 0.3 is 0 Å². The average molecular weight is 390 g/mol. The number of phenols is 1. The lowest BCUT2D eigenvalue weighted by atomic mass is 10.1. The molecule has 0 aliphatic rings. The molecule has 0 aliphatic heterocycles. The Morgan fingerprint density at radius 3 is 2.59 bits per heavy atom. The number of nitrogens with zero attached hydrogens (tertiary/aromatic N) is 4. The highest BCUT2D eigenvalue weighted by atomic mass is 16.3. The van der Waals surface area contributed by atoms with Crippen LogP contribution in [0, 0.1) is 0 Å². The van der Waals surface area contributed by atoms with Crippen LogP contribution < -0.4 is 0 Å². The maximum atomic E-state index is 12.5. The molecule has 1 amide bonds. The van der Waals surface area contributed by atoms with E-state index in [1.165, 1.54) is 12.8 Å². The second kappa shape index (κ2) is 9.78. The highest BCUT2D eigenvalue weighted by Crippen LogP contribution is 2.31. The number of carbonyl (C=O) groups excluding carboxylic acids is 1. The summed E-state index contributed by atoms with van der Waals surface area (Å²) in [5.41, 5.74) is 2.41. The number of carbonyl (C=O) groups is 1. The molecule has 29 heavy (non-hydrogen) atoms. The van der Waals surface area contributed by atoms with Gasteiger partial charge in [-0.05, 0) is 55.0 Å². The molecule has 6 heteroatoms. The second-order valence-corrected chi connectivity index (χ2v) is 7.04. The number of phenolic OH excluding ortho intramolecular Hbond substituents is 1. The Kier molecular flexibility index (Phi) is 6.89. The van der Waals surface area contributed by atoms with Gasteiger partial charge < -0.3 is 10.0 Å². The minimum Gasteiger partial charge on any atom is -0.506 e. The zero-order valence-corrected chi connectivity index (χ0v) is 16.9. The molecular formula is C23H26N4O2. The Morgan fingerprint density at radius 2 is 1.83 bits per heavy atom. The van der Waals surface area contributed by atoms with Crippen LogP contribution in [0.5, 0.6) is 5.75 Å². The Balaban J connectivity index is 1.68. The van der Waals surface area contributed by atoms with Crippen LogP contribution in [0.3, 0.4) is 0 Å². The molecular weight excluding hydrogens is 364 g/mol. The smallest absolute Gasteiger partial charge is 0.253 e. The van der Waals surface area contributed by atoms with Crippen LogP contribution in [-0.4, -0.2) is 34.5 Å². The van der Waals surface area contributed by atoms with E-state index in [0.29, 0.717) is 22.5 Å². The SMILES string of the molecule is CCCCCCN(C)C(=O)c1ccc(N=Nc2ccc(O)c3ncccc23)cc1. The third kappa shape index (κ3) is 5.16. The van der Waals surface area contributed by atoms with E-state index in [9.17, 15) is 9.90 Å². The van der Waals surface area contributed by atoms with Crippen LogP contribution >= 0.6 is 0 Å². The molecule has 1 aromatic heterocycles. The summed E-state index contributed by atoms with van der Waals surface area (Å²) >= 11 is 0. The third-order valence-electron chi connectivity index (χ3n) is 4.81. The zero-order valence-electron chi connectivity index (χ0n) is 16.9. The van der Waals surface area contributed by atoms with Crippen LogP contribution in [0.4, 0.5) is 11.4 Å². The van der Waals surface area contributed by atoms with Crippen LogP contribution in [0.2, 0.25) is 0 Å². The molecule has 3 rings (SSSR count). The summed E-state index contributed by atoms with van der Waals surface area (Å²) in [5.74, 6) is 0.127. The van der Waals surface area contributed by atoms with Crippen LogP contribution in [0.1, 0.15) is 43.0 Å². The number of azo groups is 1. The van der Waals surface area contributed by atoms with Crippen molar-refractivity contribution in [1.29, 1.82) is 0 Å². The number of benzene rings is 2. The molecule has 0 aliphatic carbocycles. The van der Waals surface area contributed by atoms with Gasteiger partial charge in [0.15, 0.2) is 0 Å². The van der Waals surface area contributed by atoms with Gasteiger partial charge in [-0.1, -0.05) is 26.2 Å². The number of hydrogen-bond donors (Lipinski definition) is 1. The van der Waals surface area contributed by atoms with E-state index in [1.54, 1.807) is 53.6 Å². The van der Waals surface area contributed by atoms with Crippen molar-refractivity contribution in [2.45, 2.75) is 32.6 Å². The number of rotatable bonds is 8. The van der Waals surface area contributed by atoms with Crippen molar-refractivity contribution in [2.75, 3.05) is 13.6 Å². The van der Waals surface area contributed by atoms with Gasteiger partial charge in [-0.2, -0.15) is 5.11 Å². The van der Waals surface area contributed by atoms with Gasteiger partial charge in [-0.3, -0.25) is 9.78 Å². The fourth-order valence-electron chi connectivity index (χ4n) is 3.11. The summed E-state index contributed by atoms with van der Waals surface area (Å²) in [6.45, 7) is 2.94. The van der Waals surface area contributed by atoms with Crippen molar-refractivity contribution in [3.05, 3.63) is 60.3 Å². The molecule has 0 bridgehead atoms. The van der Waals surface area contributed by atoms with Crippen molar-refractivity contribution in [3.8, 4) is 5.75 Å². The predicted octanol–water partition coefficient (Wildman–Crippen LogP) is 6.01. The predicted molar refractivity (Wildman–Crippen MR) is 115 cm³/mol. The van der Waals surface area contributed by atoms with Gasteiger partial charge in [-0.15, -0.1) is 5.11 Å². The van der Waals surface area contributed by atoms with Gasteiger partial charge in [0.25, 0.3) is 5.91 Å². The Hall–Kier alpha value is -3.28. The number of fused-ring (bicyclic) bond motifs is 1. The monoisotopic (exact) mass is 390 g/mol. The lowest BCUT2D eigenvalue weighted by Gasteiger charge is -2.17. The highest BCUT2D eigenvalue weighted by molar-refractivity contribution is 5.94. The molecule has 0 fully saturated rings. The number of aromatic hydroxyl groups is 1. The van der Waals surface area contributed by atoms with E-state index in [2.05, 4.69) is 22.1 Å². The van der Waals surface area contributed by atoms with E-state index in [1.807, 2.05) is 13.1 Å². The fraction of sp³-hybridized carbons (Fsp3) is 0.304. The maximum absolute atomic E-state index is 12.5. The van der Waals surface area contributed by atoms with Crippen molar-refractivity contribution >= 4 is 28.2 Å². The molecule has 0 spiro atoms. The molecule has 0 radical (unpaired) electrons. The van der Waals surface area contributed by atoms with Crippen molar-refractivity contribution in [1.82, 2.24) is 9.88 Å². The zero-order chi connectivity index (χ0) is 20.6. The Morgan fingerprint density at radius 1 is 1.03 bits per heavy atom. The largest absolute Gasteiger partial charge is 0.506 e. The molecule has 6 nitrogen and oxygen atoms in total. The number of aromatic nitrogens is 1. The molecule has 3 aromatic rings. The Labute approximate surface area is 170 Å². The first kappa shape index (κ1) is 20.5. The summed E-state index contributed by atoms with van der Waals surface area (Å²) in [6, 6.07) is 14.0. The van der Waals surface area contributed by atoms with E-state index in [4.69, 9.17) is 0 Å². The van der Waals surface area contributed by atoms with Crippen molar-refractivity contribution < 1.29 is 9.90 Å². The lowest BCUT2D eigenvalue weighted by Crippen LogP contribution is -2.27. The van der Waals surface area contributed by atoms with Gasteiger partial charge in [0.2, 0.25) is 0 Å².